The molecule has 1 aromatic heterocycles. The predicted octanol–water partition coefficient (Wildman–Crippen LogP) is 5.21. The van der Waals surface area contributed by atoms with Gasteiger partial charge in [-0.1, -0.05) is 18.2 Å². The van der Waals surface area contributed by atoms with Crippen molar-refractivity contribution in [3.63, 3.8) is 0 Å². The first kappa shape index (κ1) is 17.1. The normalized spacial score (nSPS) is 11.1. The van der Waals surface area contributed by atoms with Crippen molar-refractivity contribution in [2.75, 3.05) is 12.4 Å². The van der Waals surface area contributed by atoms with Crippen LogP contribution in [0.3, 0.4) is 0 Å². The van der Waals surface area contributed by atoms with Crippen LogP contribution in [-0.2, 0) is 6.54 Å². The average Bonchev–Trinajstić information content (AvgIpc) is 3.01. The number of carbonyl (C=O) groups is 1. The molecule has 4 rings (SSSR count). The molecule has 0 radical (unpaired) electrons. The fraction of sp³-hybridized carbons (Fsp3) is 0.136. The molecule has 3 aromatic carbocycles. The summed E-state index contributed by atoms with van der Waals surface area (Å²) in [6.45, 7) is 2.97. The van der Waals surface area contributed by atoms with E-state index in [4.69, 9.17) is 4.74 Å². The fourth-order valence-electron chi connectivity index (χ4n) is 3.48. The number of nitrogens with one attached hydrogen (secondary N) is 1. The van der Waals surface area contributed by atoms with Gasteiger partial charge in [-0.2, -0.15) is 0 Å². The van der Waals surface area contributed by atoms with E-state index in [2.05, 4.69) is 28.9 Å². The largest absolute Gasteiger partial charge is 0.494 e. The van der Waals surface area contributed by atoms with Gasteiger partial charge in [0.05, 0.1) is 7.11 Å². The zero-order chi connectivity index (χ0) is 19.0. The van der Waals surface area contributed by atoms with Gasteiger partial charge in [0, 0.05) is 39.6 Å². The number of aryl methyl sites for hydroxylation is 1. The second-order valence-electron chi connectivity index (χ2n) is 6.30. The summed E-state index contributed by atoms with van der Waals surface area (Å²) < 4.78 is 21.0. The van der Waals surface area contributed by atoms with Gasteiger partial charge in [-0.15, -0.1) is 0 Å². The molecule has 0 bridgehead atoms. The van der Waals surface area contributed by atoms with E-state index in [0.717, 1.165) is 28.4 Å². The minimum atomic E-state index is -0.563. The van der Waals surface area contributed by atoms with Gasteiger partial charge in [0.2, 0.25) is 0 Å². The third-order valence-corrected chi connectivity index (χ3v) is 4.76. The standard InChI is InChI=1S/C22H19FN2O2/c1-3-25-19-7-5-4-6-16(19)17-13-15(9-10-20(17)25)24-22(26)14-8-11-21(27-2)18(23)12-14/h4-13H,3H2,1-2H3,(H,24,26). The molecule has 1 N–H and O–H groups in total. The molecule has 0 fully saturated rings. The molecule has 0 unspecified atom stereocenters. The third-order valence-electron chi connectivity index (χ3n) is 4.76. The highest BCUT2D eigenvalue weighted by Gasteiger charge is 2.13. The van der Waals surface area contributed by atoms with Crippen LogP contribution in [0.4, 0.5) is 10.1 Å². The van der Waals surface area contributed by atoms with Crippen LogP contribution in [0.1, 0.15) is 17.3 Å². The smallest absolute Gasteiger partial charge is 0.255 e. The van der Waals surface area contributed by atoms with Crippen molar-refractivity contribution in [3.8, 4) is 5.75 Å². The lowest BCUT2D eigenvalue weighted by molar-refractivity contribution is 0.102. The lowest BCUT2D eigenvalue weighted by Crippen LogP contribution is -2.12. The highest BCUT2D eigenvalue weighted by Crippen LogP contribution is 2.31. The van der Waals surface area contributed by atoms with Crippen molar-refractivity contribution in [3.05, 3.63) is 72.0 Å². The van der Waals surface area contributed by atoms with Crippen LogP contribution in [0.25, 0.3) is 21.8 Å². The van der Waals surface area contributed by atoms with Gasteiger partial charge in [0.1, 0.15) is 0 Å². The monoisotopic (exact) mass is 362 g/mol. The number of methoxy groups -OCH3 is 1. The summed E-state index contributed by atoms with van der Waals surface area (Å²) in [4.78, 5) is 12.5. The molecule has 27 heavy (non-hydrogen) atoms. The third kappa shape index (κ3) is 2.91. The molecule has 4 nitrogen and oxygen atoms in total. The molecule has 0 atom stereocenters. The van der Waals surface area contributed by atoms with Crippen LogP contribution in [0.5, 0.6) is 5.75 Å². The zero-order valence-electron chi connectivity index (χ0n) is 15.1. The van der Waals surface area contributed by atoms with Crippen LogP contribution in [0.2, 0.25) is 0 Å². The van der Waals surface area contributed by atoms with Crippen molar-refractivity contribution in [1.82, 2.24) is 4.57 Å². The molecule has 1 heterocycles. The maximum Gasteiger partial charge on any atom is 0.255 e. The quantitative estimate of drug-likeness (QED) is 0.541. The number of amides is 1. The first-order valence-electron chi connectivity index (χ1n) is 8.78. The first-order valence-corrected chi connectivity index (χ1v) is 8.78. The molecule has 0 spiro atoms. The van der Waals surface area contributed by atoms with E-state index in [-0.39, 0.29) is 17.2 Å². The summed E-state index contributed by atoms with van der Waals surface area (Å²) in [6.07, 6.45) is 0. The molecule has 136 valence electrons. The van der Waals surface area contributed by atoms with Crippen LogP contribution in [0.15, 0.2) is 60.7 Å². The van der Waals surface area contributed by atoms with Crippen LogP contribution < -0.4 is 10.1 Å². The van der Waals surface area contributed by atoms with Crippen molar-refractivity contribution in [2.45, 2.75) is 13.5 Å². The average molecular weight is 362 g/mol. The van der Waals surface area contributed by atoms with Gasteiger partial charge in [0.25, 0.3) is 5.91 Å². The number of aromatic nitrogens is 1. The second-order valence-corrected chi connectivity index (χ2v) is 6.30. The maximum absolute atomic E-state index is 13.9. The predicted molar refractivity (Wildman–Crippen MR) is 106 cm³/mol. The van der Waals surface area contributed by atoms with Crippen molar-refractivity contribution >= 4 is 33.4 Å². The summed E-state index contributed by atoms with van der Waals surface area (Å²) >= 11 is 0. The second kappa shape index (κ2) is 6.76. The van der Waals surface area contributed by atoms with E-state index < -0.39 is 5.82 Å². The topological polar surface area (TPSA) is 43.3 Å². The van der Waals surface area contributed by atoms with E-state index in [1.165, 1.54) is 19.2 Å². The van der Waals surface area contributed by atoms with Gasteiger partial charge >= 0.3 is 0 Å². The Morgan fingerprint density at radius 2 is 1.81 bits per heavy atom. The number of nitrogens with zero attached hydrogens (tertiary/aromatic N) is 1. The molecule has 0 aliphatic carbocycles. The summed E-state index contributed by atoms with van der Waals surface area (Å²) in [6, 6.07) is 18.2. The Morgan fingerprint density at radius 1 is 1.04 bits per heavy atom. The van der Waals surface area contributed by atoms with Gasteiger partial charge in [0.15, 0.2) is 11.6 Å². The molecule has 4 aromatic rings. The highest BCUT2D eigenvalue weighted by molar-refractivity contribution is 6.11. The molecule has 5 heteroatoms. The molecule has 0 aliphatic heterocycles. The molecule has 0 saturated carbocycles. The first-order chi connectivity index (χ1) is 13.1. The maximum atomic E-state index is 13.9. The summed E-state index contributed by atoms with van der Waals surface area (Å²) in [5, 5.41) is 5.07. The number of anilines is 1. The SMILES string of the molecule is CCn1c2ccccc2c2cc(NC(=O)c3ccc(OC)c(F)c3)ccc21. The van der Waals surface area contributed by atoms with E-state index in [0.29, 0.717) is 5.69 Å². The Kier molecular flexibility index (Phi) is 4.28. The Morgan fingerprint density at radius 3 is 2.56 bits per heavy atom. The van der Waals surface area contributed by atoms with Crippen molar-refractivity contribution in [2.24, 2.45) is 0 Å². The summed E-state index contributed by atoms with van der Waals surface area (Å²) in [5.41, 5.74) is 3.19. The van der Waals surface area contributed by atoms with Crippen molar-refractivity contribution in [1.29, 1.82) is 0 Å². The van der Waals surface area contributed by atoms with Crippen molar-refractivity contribution < 1.29 is 13.9 Å². The van der Waals surface area contributed by atoms with Gasteiger partial charge < -0.3 is 14.6 Å². The number of hydrogen-bond acceptors (Lipinski definition) is 2. The lowest BCUT2D eigenvalue weighted by atomic mass is 10.1. The Hall–Kier alpha value is -3.34. The van der Waals surface area contributed by atoms with Crippen LogP contribution in [0, 0.1) is 5.82 Å². The van der Waals surface area contributed by atoms with E-state index in [1.54, 1.807) is 6.07 Å². The molecule has 0 aliphatic rings. The number of para-hydroxylation sites is 1. The number of benzene rings is 3. The fourth-order valence-corrected chi connectivity index (χ4v) is 3.48. The minimum absolute atomic E-state index is 0.111. The number of rotatable bonds is 4. The molecule has 1 amide bonds. The Balaban J connectivity index is 1.71. The Labute approximate surface area is 156 Å². The summed E-state index contributed by atoms with van der Waals surface area (Å²) in [5.74, 6) is -0.818. The van der Waals surface area contributed by atoms with E-state index >= 15 is 0 Å². The number of halogens is 1. The number of fused-ring (bicyclic) bond motifs is 3. The van der Waals surface area contributed by atoms with Gasteiger partial charge in [-0.25, -0.2) is 4.39 Å². The molecular weight excluding hydrogens is 343 g/mol. The number of ether oxygens (including phenoxy) is 1. The highest BCUT2D eigenvalue weighted by atomic mass is 19.1. The van der Waals surface area contributed by atoms with Crippen LogP contribution in [-0.4, -0.2) is 17.6 Å². The minimum Gasteiger partial charge on any atom is -0.494 e. The van der Waals surface area contributed by atoms with Gasteiger partial charge in [-0.05, 0) is 49.4 Å². The lowest BCUT2D eigenvalue weighted by Gasteiger charge is -2.08. The van der Waals surface area contributed by atoms with Gasteiger partial charge in [-0.3, -0.25) is 4.79 Å². The molecule has 0 saturated heterocycles. The number of hydrogen-bond donors (Lipinski definition) is 1. The van der Waals surface area contributed by atoms with E-state index in [1.807, 2.05) is 30.3 Å². The zero-order valence-corrected chi connectivity index (χ0v) is 15.1. The van der Waals surface area contributed by atoms with E-state index in [9.17, 15) is 9.18 Å². The molecular formula is C22H19FN2O2. The number of carbonyl (C=O) groups excluding carboxylic acids is 1. The van der Waals surface area contributed by atoms with Crippen LogP contribution >= 0.6 is 0 Å². The summed E-state index contributed by atoms with van der Waals surface area (Å²) in [7, 11) is 1.39. The Bertz CT molecular complexity index is 1160.